The molecule has 0 aliphatic carbocycles. The summed E-state index contributed by atoms with van der Waals surface area (Å²) in [7, 11) is 0. The Labute approximate surface area is 374 Å². The maximum Gasteiger partial charge on any atom is 0.330 e. The molecule has 1 saturated heterocycles. The van der Waals surface area contributed by atoms with Gasteiger partial charge in [0.25, 0.3) is 5.91 Å². The number of aromatic nitrogens is 1. The molecule has 3 N–H and O–H groups in total. The second kappa shape index (κ2) is 20.1. The molecule has 1 amide bonds. The lowest BCUT2D eigenvalue weighted by Crippen LogP contribution is -2.48. The van der Waals surface area contributed by atoms with Crippen molar-refractivity contribution in [1.82, 2.24) is 10.3 Å². The Hall–Kier alpha value is -5.55. The summed E-state index contributed by atoms with van der Waals surface area (Å²) < 4.78 is 5.58. The number of hydrogen-bond acceptors (Lipinski definition) is 9. The molecule has 2 heterocycles. The molecule has 6 aromatic rings. The summed E-state index contributed by atoms with van der Waals surface area (Å²) in [6.07, 6.45) is 4.35. The van der Waals surface area contributed by atoms with Crippen LogP contribution >= 0.6 is 23.1 Å². The summed E-state index contributed by atoms with van der Waals surface area (Å²) in [5, 5.41) is 13.5. The van der Waals surface area contributed by atoms with Gasteiger partial charge in [0, 0.05) is 58.7 Å². The van der Waals surface area contributed by atoms with Crippen molar-refractivity contribution in [3.63, 3.8) is 0 Å². The number of carbonyl (C=O) groups is 3. The number of ether oxygens (including phenoxy) is 1. The summed E-state index contributed by atoms with van der Waals surface area (Å²) in [4.78, 5) is 45.9. The van der Waals surface area contributed by atoms with Gasteiger partial charge in [0.15, 0.2) is 0 Å². The van der Waals surface area contributed by atoms with E-state index in [1.165, 1.54) is 16.7 Å². The van der Waals surface area contributed by atoms with E-state index in [9.17, 15) is 14.4 Å². The molecular formula is C52H56N4O4S2. The van der Waals surface area contributed by atoms with Crippen LogP contribution in [0.15, 0.2) is 145 Å². The molecule has 0 radical (unpaired) electrons. The van der Waals surface area contributed by atoms with Crippen LogP contribution < -0.4 is 16.0 Å². The topological polar surface area (TPSA) is 109 Å². The minimum Gasteiger partial charge on any atom is -0.458 e. The minimum absolute atomic E-state index is 0.0461. The van der Waals surface area contributed by atoms with Crippen LogP contribution in [0.3, 0.4) is 0 Å². The smallest absolute Gasteiger partial charge is 0.330 e. The van der Waals surface area contributed by atoms with Crippen LogP contribution in [0.25, 0.3) is 0 Å². The van der Waals surface area contributed by atoms with E-state index < -0.39 is 16.4 Å². The van der Waals surface area contributed by atoms with Crippen molar-refractivity contribution in [2.45, 2.75) is 93.9 Å². The predicted molar refractivity (Wildman–Crippen MR) is 254 cm³/mol. The fourth-order valence-corrected chi connectivity index (χ4v) is 10.9. The van der Waals surface area contributed by atoms with Crippen molar-refractivity contribution in [3.05, 3.63) is 183 Å². The Morgan fingerprint density at radius 3 is 2.02 bits per heavy atom. The Kier molecular flexibility index (Phi) is 14.4. The average molecular weight is 865 g/mol. The first-order valence-electron chi connectivity index (χ1n) is 21.4. The number of hydrogen-bond donors (Lipinski definition) is 3. The van der Waals surface area contributed by atoms with E-state index in [2.05, 4.69) is 112 Å². The molecule has 1 aliphatic rings. The molecule has 0 spiro atoms. The third kappa shape index (κ3) is 10.5. The number of aryl methyl sites for hydroxylation is 2. The summed E-state index contributed by atoms with van der Waals surface area (Å²) in [6, 6.07) is 44.2. The van der Waals surface area contributed by atoms with Crippen LogP contribution in [0, 0.1) is 0 Å². The number of esters is 1. The van der Waals surface area contributed by atoms with Crippen molar-refractivity contribution in [3.8, 4) is 0 Å². The number of rotatable bonds is 17. The van der Waals surface area contributed by atoms with Crippen molar-refractivity contribution in [2.75, 3.05) is 17.2 Å². The first-order valence-corrected chi connectivity index (χ1v) is 23.2. The lowest BCUT2D eigenvalue weighted by Gasteiger charge is -2.37. The highest BCUT2D eigenvalue weighted by Crippen LogP contribution is 2.51. The number of anilines is 2. The molecule has 10 heteroatoms. The van der Waals surface area contributed by atoms with E-state index in [1.54, 1.807) is 24.5 Å². The fraction of sp³-hybridized carbons (Fsp3) is 0.308. The molecule has 1 aromatic heterocycles. The molecule has 1 fully saturated rings. The van der Waals surface area contributed by atoms with Crippen LogP contribution in [0.2, 0.25) is 0 Å². The van der Waals surface area contributed by atoms with Crippen LogP contribution in [-0.4, -0.2) is 52.1 Å². The summed E-state index contributed by atoms with van der Waals surface area (Å²) in [5.41, 5.74) is 6.17. The van der Waals surface area contributed by atoms with Crippen molar-refractivity contribution in [2.24, 2.45) is 0 Å². The molecule has 5 aromatic carbocycles. The zero-order chi connectivity index (χ0) is 43.7. The molecule has 8 nitrogen and oxygen atoms in total. The van der Waals surface area contributed by atoms with Crippen molar-refractivity contribution in [1.29, 1.82) is 0 Å². The molecule has 1 aliphatic heterocycles. The van der Waals surface area contributed by atoms with Crippen molar-refractivity contribution < 1.29 is 19.1 Å². The summed E-state index contributed by atoms with van der Waals surface area (Å²) in [5.74, 6) is -0.955. The van der Waals surface area contributed by atoms with Crippen LogP contribution in [0.5, 0.6) is 0 Å². The van der Waals surface area contributed by atoms with E-state index >= 15 is 0 Å². The van der Waals surface area contributed by atoms with Gasteiger partial charge in [-0.3, -0.25) is 9.59 Å². The van der Waals surface area contributed by atoms with E-state index in [0.717, 1.165) is 16.1 Å². The van der Waals surface area contributed by atoms with Gasteiger partial charge in [-0.25, -0.2) is 9.78 Å². The molecule has 0 saturated carbocycles. The predicted octanol–water partition coefficient (Wildman–Crippen LogP) is 10.8. The lowest BCUT2D eigenvalue weighted by atomic mass is 9.84. The third-order valence-electron chi connectivity index (χ3n) is 11.3. The highest BCUT2D eigenvalue weighted by molar-refractivity contribution is 8.01. The Bertz CT molecular complexity index is 2320. The van der Waals surface area contributed by atoms with Gasteiger partial charge in [-0.2, -0.15) is 0 Å². The number of Topliss-reactive ketones (excluding diaryl/α,β-unsaturated/α-hetero) is 1. The zero-order valence-corrected chi connectivity index (χ0v) is 37.7. The quantitative estimate of drug-likeness (QED) is 0.0614. The normalized spacial score (nSPS) is 16.3. The van der Waals surface area contributed by atoms with Gasteiger partial charge < -0.3 is 20.7 Å². The average Bonchev–Trinajstić information content (AvgIpc) is 3.98. The van der Waals surface area contributed by atoms with Gasteiger partial charge in [-0.1, -0.05) is 122 Å². The maximum atomic E-state index is 14.4. The first kappa shape index (κ1) is 44.5. The number of carbonyl (C=O) groups excluding carboxylic acids is 3. The third-order valence-corrected chi connectivity index (χ3v) is 13.9. The second-order valence-corrected chi connectivity index (χ2v) is 19.3. The zero-order valence-electron chi connectivity index (χ0n) is 36.1. The monoisotopic (exact) mass is 864 g/mol. The Morgan fingerprint density at radius 1 is 0.839 bits per heavy atom. The van der Waals surface area contributed by atoms with Crippen LogP contribution in [0.1, 0.15) is 96.6 Å². The number of benzene rings is 5. The molecular weight excluding hydrogens is 809 g/mol. The van der Waals surface area contributed by atoms with Gasteiger partial charge in [-0.05, 0) is 93.0 Å². The molecule has 7 rings (SSSR count). The van der Waals surface area contributed by atoms with Gasteiger partial charge in [-0.15, -0.1) is 23.1 Å². The van der Waals surface area contributed by atoms with Crippen LogP contribution in [-0.2, 0) is 31.9 Å². The first-order chi connectivity index (χ1) is 29.9. The summed E-state index contributed by atoms with van der Waals surface area (Å²) in [6.45, 7) is 9.87. The van der Waals surface area contributed by atoms with Crippen LogP contribution in [0.4, 0.5) is 11.4 Å². The van der Waals surface area contributed by atoms with Gasteiger partial charge in [0.1, 0.15) is 17.4 Å². The molecule has 320 valence electrons. The highest BCUT2D eigenvalue weighted by Gasteiger charge is 2.44. The Morgan fingerprint density at radius 2 is 1.45 bits per heavy atom. The van der Waals surface area contributed by atoms with Crippen molar-refractivity contribution >= 4 is 52.1 Å². The fourth-order valence-electron chi connectivity index (χ4n) is 8.46. The molecule has 0 bridgehead atoms. The summed E-state index contributed by atoms with van der Waals surface area (Å²) >= 11 is 3.50. The maximum absolute atomic E-state index is 14.4. The van der Waals surface area contributed by atoms with E-state index in [0.29, 0.717) is 49.2 Å². The lowest BCUT2D eigenvalue weighted by molar-refractivity contribution is -0.156. The number of amides is 1. The van der Waals surface area contributed by atoms with E-state index in [-0.39, 0.29) is 34.9 Å². The van der Waals surface area contributed by atoms with Gasteiger partial charge in [0.2, 0.25) is 0 Å². The number of nitrogens with zero attached hydrogens (tertiary/aromatic N) is 1. The second-order valence-electron chi connectivity index (χ2n) is 16.8. The number of para-hydroxylation sites is 1. The number of thioether (sulfide) groups is 1. The van der Waals surface area contributed by atoms with E-state index in [4.69, 9.17) is 4.74 Å². The van der Waals surface area contributed by atoms with Gasteiger partial charge in [0.05, 0.1) is 9.75 Å². The number of ketones is 1. The van der Waals surface area contributed by atoms with Gasteiger partial charge >= 0.3 is 5.97 Å². The number of thiazole rings is 1. The highest BCUT2D eigenvalue weighted by atomic mass is 32.2. The van der Waals surface area contributed by atoms with E-state index in [1.807, 2.05) is 87.3 Å². The largest absolute Gasteiger partial charge is 0.458 e. The standard InChI is InChI=1S/C52H56N4O4S2/c1-6-42(35(2)57)43-24-16-17-25-45(43)56-49(58)44-32-40(28-26-36(44)27-29-47-53-30-31-61-47)55-48(50(59)60-51(3,4)5)46-33-41(34-54-46)62-52(37-18-10-7-11-19-37,38-20-12-8-13-21-38)39-22-14-9-15-23-39/h7-26,28,30-32,41-42,46,48,54-55H,6,27,29,33-34H2,1-5H3,(H,56,58)/t41?,42-,46?,48?/m1/s1. The molecule has 4 atom stereocenters. The Balaban J connectivity index is 1.21. The SMILES string of the molecule is CC[C@H](C(C)=O)c1ccccc1NC(=O)c1cc(NC(C(=O)OC(C)(C)C)C2CC(SC(c3ccccc3)(c3ccccc3)c3ccccc3)CN2)ccc1CCc1nccs1. The molecule has 3 unspecified atom stereocenters. The minimum atomic E-state index is -0.766. The molecule has 62 heavy (non-hydrogen) atoms. The number of nitrogens with one attached hydrogen (secondary N) is 3.